The average Bonchev–Trinajstić information content (AvgIpc) is 3.27. The lowest BCUT2D eigenvalue weighted by atomic mass is 10.3. The molecular formula is C19H21N3O2S. The van der Waals surface area contributed by atoms with E-state index in [0.29, 0.717) is 13.1 Å². The molecule has 1 N–H and O–H groups in total. The topological polar surface area (TPSA) is 46.5 Å². The molecular weight excluding hydrogens is 334 g/mol. The first-order valence-electron chi connectivity index (χ1n) is 7.98. The molecule has 2 amide bonds. The molecule has 0 spiro atoms. The summed E-state index contributed by atoms with van der Waals surface area (Å²) in [5, 5.41) is 4.99. The number of amides is 2. The van der Waals surface area contributed by atoms with Crippen molar-refractivity contribution in [2.24, 2.45) is 7.05 Å². The fourth-order valence-electron chi connectivity index (χ4n) is 2.52. The summed E-state index contributed by atoms with van der Waals surface area (Å²) < 4.78 is 7.18. The summed E-state index contributed by atoms with van der Waals surface area (Å²) in [6.07, 6.45) is 1.99. The molecule has 0 aliphatic carbocycles. The zero-order chi connectivity index (χ0) is 17.6. The van der Waals surface area contributed by atoms with Crippen LogP contribution in [0, 0.1) is 0 Å². The van der Waals surface area contributed by atoms with Crippen molar-refractivity contribution in [1.82, 2.24) is 9.47 Å². The standard InChI is InChI=1S/C19H21N3O2S/c1-21-11-3-5-16(21)13-22(14-18-6-4-12-25-18)19(23)20-15-7-9-17(24-2)10-8-15/h3-12H,13-14H2,1-2H3,(H,20,23). The van der Waals surface area contributed by atoms with Crippen molar-refractivity contribution in [2.45, 2.75) is 13.1 Å². The minimum Gasteiger partial charge on any atom is -0.497 e. The van der Waals surface area contributed by atoms with Crippen molar-refractivity contribution >= 4 is 23.1 Å². The first kappa shape index (κ1) is 17.1. The average molecular weight is 355 g/mol. The highest BCUT2D eigenvalue weighted by atomic mass is 32.1. The number of rotatable bonds is 6. The number of ether oxygens (including phenoxy) is 1. The van der Waals surface area contributed by atoms with E-state index in [1.165, 1.54) is 0 Å². The number of aryl methyl sites for hydroxylation is 1. The second-order valence-corrected chi connectivity index (χ2v) is 6.74. The number of thiophene rings is 1. The summed E-state index contributed by atoms with van der Waals surface area (Å²) in [5.41, 5.74) is 1.83. The van der Waals surface area contributed by atoms with Gasteiger partial charge in [-0.15, -0.1) is 11.3 Å². The van der Waals surface area contributed by atoms with Crippen LogP contribution in [0.1, 0.15) is 10.6 Å². The monoisotopic (exact) mass is 355 g/mol. The van der Waals surface area contributed by atoms with Crippen LogP contribution in [-0.4, -0.2) is 22.6 Å². The normalized spacial score (nSPS) is 10.5. The molecule has 130 valence electrons. The van der Waals surface area contributed by atoms with E-state index in [4.69, 9.17) is 4.74 Å². The predicted molar refractivity (Wildman–Crippen MR) is 101 cm³/mol. The predicted octanol–water partition coefficient (Wildman–Crippen LogP) is 4.33. The van der Waals surface area contributed by atoms with E-state index in [1.807, 2.05) is 76.6 Å². The number of nitrogens with zero attached hydrogens (tertiary/aromatic N) is 2. The van der Waals surface area contributed by atoms with Crippen molar-refractivity contribution in [3.05, 3.63) is 70.7 Å². The third-order valence-corrected chi connectivity index (χ3v) is 4.82. The Morgan fingerprint density at radius 3 is 2.56 bits per heavy atom. The Morgan fingerprint density at radius 2 is 1.96 bits per heavy atom. The van der Waals surface area contributed by atoms with Gasteiger partial charge in [-0.05, 0) is 47.8 Å². The number of carbonyl (C=O) groups is 1. The molecule has 0 saturated carbocycles. The highest BCUT2D eigenvalue weighted by Crippen LogP contribution is 2.18. The lowest BCUT2D eigenvalue weighted by Crippen LogP contribution is -2.34. The van der Waals surface area contributed by atoms with Crippen molar-refractivity contribution in [1.29, 1.82) is 0 Å². The first-order chi connectivity index (χ1) is 12.2. The Hall–Kier alpha value is -2.73. The van der Waals surface area contributed by atoms with Crippen LogP contribution in [0.3, 0.4) is 0 Å². The van der Waals surface area contributed by atoms with Crippen LogP contribution < -0.4 is 10.1 Å². The molecule has 3 rings (SSSR count). The Labute approximate surface area is 151 Å². The summed E-state index contributed by atoms with van der Waals surface area (Å²) in [6.45, 7) is 1.12. The van der Waals surface area contributed by atoms with Crippen molar-refractivity contribution in [3.8, 4) is 5.75 Å². The number of hydrogen-bond donors (Lipinski definition) is 1. The van der Waals surface area contributed by atoms with Gasteiger partial charge < -0.3 is 19.5 Å². The van der Waals surface area contributed by atoms with Crippen LogP contribution in [0.4, 0.5) is 10.5 Å². The Bertz CT molecular complexity index is 810. The minimum absolute atomic E-state index is 0.125. The smallest absolute Gasteiger partial charge is 0.322 e. The second-order valence-electron chi connectivity index (χ2n) is 5.70. The van der Waals surface area contributed by atoms with E-state index in [0.717, 1.165) is 22.0 Å². The molecule has 6 heteroatoms. The number of anilines is 1. The van der Waals surface area contributed by atoms with E-state index in [1.54, 1.807) is 18.4 Å². The number of aromatic nitrogens is 1. The van der Waals surface area contributed by atoms with Crippen LogP contribution in [0.2, 0.25) is 0 Å². The third kappa shape index (κ3) is 4.42. The highest BCUT2D eigenvalue weighted by Gasteiger charge is 2.16. The van der Waals surface area contributed by atoms with Crippen LogP contribution in [0.5, 0.6) is 5.75 Å². The van der Waals surface area contributed by atoms with Gasteiger partial charge >= 0.3 is 6.03 Å². The van der Waals surface area contributed by atoms with Gasteiger partial charge in [0.1, 0.15) is 5.75 Å². The van der Waals surface area contributed by atoms with Gasteiger partial charge in [0, 0.05) is 29.5 Å². The molecule has 0 saturated heterocycles. The van der Waals surface area contributed by atoms with Crippen LogP contribution in [0.15, 0.2) is 60.1 Å². The Balaban J connectivity index is 1.74. The van der Waals surface area contributed by atoms with Crippen molar-refractivity contribution < 1.29 is 9.53 Å². The van der Waals surface area contributed by atoms with Gasteiger partial charge in [-0.25, -0.2) is 4.79 Å². The molecule has 5 nitrogen and oxygen atoms in total. The van der Waals surface area contributed by atoms with E-state index >= 15 is 0 Å². The minimum atomic E-state index is -0.125. The number of hydrogen-bond acceptors (Lipinski definition) is 3. The van der Waals surface area contributed by atoms with Gasteiger partial charge in [0.05, 0.1) is 20.2 Å². The zero-order valence-corrected chi connectivity index (χ0v) is 15.1. The van der Waals surface area contributed by atoms with E-state index in [-0.39, 0.29) is 6.03 Å². The Morgan fingerprint density at radius 1 is 1.16 bits per heavy atom. The molecule has 3 aromatic rings. The van der Waals surface area contributed by atoms with E-state index in [2.05, 4.69) is 5.32 Å². The number of methoxy groups -OCH3 is 1. The first-order valence-corrected chi connectivity index (χ1v) is 8.86. The molecule has 25 heavy (non-hydrogen) atoms. The van der Waals surface area contributed by atoms with Gasteiger partial charge in [0.2, 0.25) is 0 Å². The molecule has 0 aliphatic heterocycles. The largest absolute Gasteiger partial charge is 0.497 e. The lowest BCUT2D eigenvalue weighted by Gasteiger charge is -2.23. The highest BCUT2D eigenvalue weighted by molar-refractivity contribution is 7.09. The molecule has 0 atom stereocenters. The quantitative estimate of drug-likeness (QED) is 0.715. The van der Waals surface area contributed by atoms with Crippen molar-refractivity contribution in [3.63, 3.8) is 0 Å². The summed E-state index contributed by atoms with van der Waals surface area (Å²) >= 11 is 1.65. The maximum absolute atomic E-state index is 12.8. The SMILES string of the molecule is COc1ccc(NC(=O)N(Cc2cccs2)Cc2cccn2C)cc1. The van der Waals surface area contributed by atoms with Crippen molar-refractivity contribution in [2.75, 3.05) is 12.4 Å². The molecule has 0 fully saturated rings. The molecule has 2 heterocycles. The number of urea groups is 1. The summed E-state index contributed by atoms with van der Waals surface area (Å²) in [6, 6.07) is 15.3. The fourth-order valence-corrected chi connectivity index (χ4v) is 3.24. The van der Waals surface area contributed by atoms with Gasteiger partial charge in [-0.3, -0.25) is 0 Å². The molecule has 2 aromatic heterocycles. The zero-order valence-electron chi connectivity index (χ0n) is 14.3. The van der Waals surface area contributed by atoms with Gasteiger partial charge in [-0.2, -0.15) is 0 Å². The summed E-state index contributed by atoms with van der Waals surface area (Å²) in [7, 11) is 3.61. The molecule has 0 radical (unpaired) electrons. The number of carbonyl (C=O) groups excluding carboxylic acids is 1. The van der Waals surface area contributed by atoms with E-state index in [9.17, 15) is 4.79 Å². The van der Waals surface area contributed by atoms with Crippen LogP contribution >= 0.6 is 11.3 Å². The van der Waals surface area contributed by atoms with Gasteiger partial charge in [0.15, 0.2) is 0 Å². The maximum Gasteiger partial charge on any atom is 0.322 e. The summed E-state index contributed by atoms with van der Waals surface area (Å²) in [5.74, 6) is 0.761. The molecule has 1 aromatic carbocycles. The lowest BCUT2D eigenvalue weighted by molar-refractivity contribution is 0.205. The van der Waals surface area contributed by atoms with Gasteiger partial charge in [0.25, 0.3) is 0 Å². The second kappa shape index (κ2) is 7.90. The number of benzene rings is 1. The number of nitrogens with one attached hydrogen (secondary N) is 1. The van der Waals surface area contributed by atoms with Gasteiger partial charge in [-0.1, -0.05) is 6.07 Å². The molecule has 0 bridgehead atoms. The fraction of sp³-hybridized carbons (Fsp3) is 0.211. The molecule has 0 unspecified atom stereocenters. The summed E-state index contributed by atoms with van der Waals surface area (Å²) in [4.78, 5) is 15.8. The third-order valence-electron chi connectivity index (χ3n) is 3.96. The van der Waals surface area contributed by atoms with E-state index < -0.39 is 0 Å². The maximum atomic E-state index is 12.8. The molecule has 0 aliphatic rings. The van der Waals surface area contributed by atoms with Crippen LogP contribution in [0.25, 0.3) is 0 Å². The Kier molecular flexibility index (Phi) is 5.40. The van der Waals surface area contributed by atoms with Crippen LogP contribution in [-0.2, 0) is 20.1 Å².